The summed E-state index contributed by atoms with van der Waals surface area (Å²) in [5.41, 5.74) is 5.55. The first kappa shape index (κ1) is 11.0. The average Bonchev–Trinajstić information content (AvgIpc) is 2.84. The van der Waals surface area contributed by atoms with E-state index in [1.807, 2.05) is 6.08 Å². The molecule has 0 bridgehead atoms. The van der Waals surface area contributed by atoms with Gasteiger partial charge in [0.1, 0.15) is 0 Å². The maximum atomic E-state index is 4.00. The number of allylic oxidation sites excluding steroid dienone is 2. The topological polar surface area (TPSA) is 0 Å². The lowest BCUT2D eigenvalue weighted by Gasteiger charge is -2.14. The smallest absolute Gasteiger partial charge is 0.0232 e. The lowest BCUT2D eigenvalue weighted by Crippen LogP contribution is -1.99. The van der Waals surface area contributed by atoms with Gasteiger partial charge < -0.3 is 0 Å². The lowest BCUT2D eigenvalue weighted by molar-refractivity contribution is 0.956. The normalized spacial score (nSPS) is 14.8. The predicted molar refractivity (Wildman–Crippen MR) is 77.5 cm³/mol. The molecular weight excluding hydrogens is 216 g/mol. The second-order valence-electron chi connectivity index (χ2n) is 4.72. The van der Waals surface area contributed by atoms with Crippen LogP contribution in [0.25, 0.3) is 6.08 Å². The second-order valence-corrected chi connectivity index (χ2v) is 4.72. The molecule has 0 amide bonds. The van der Waals surface area contributed by atoms with E-state index >= 15 is 0 Å². The van der Waals surface area contributed by atoms with E-state index in [1.54, 1.807) is 0 Å². The van der Waals surface area contributed by atoms with E-state index < -0.39 is 0 Å². The van der Waals surface area contributed by atoms with Crippen molar-refractivity contribution < 1.29 is 0 Å². The molecule has 1 aliphatic carbocycles. The van der Waals surface area contributed by atoms with Crippen LogP contribution >= 0.6 is 0 Å². The van der Waals surface area contributed by atoms with Gasteiger partial charge in [-0.05, 0) is 23.1 Å². The molecular formula is C18H16. The van der Waals surface area contributed by atoms with Gasteiger partial charge in [0.05, 0.1) is 0 Å². The number of hydrogen-bond donors (Lipinski definition) is 0. The summed E-state index contributed by atoms with van der Waals surface area (Å²) < 4.78 is 0. The van der Waals surface area contributed by atoms with Crippen molar-refractivity contribution in [2.45, 2.75) is 12.3 Å². The molecule has 18 heavy (non-hydrogen) atoms. The molecule has 0 unspecified atom stereocenters. The monoisotopic (exact) mass is 232 g/mol. The average molecular weight is 232 g/mol. The van der Waals surface area contributed by atoms with E-state index in [0.29, 0.717) is 5.92 Å². The minimum absolute atomic E-state index is 0.332. The quantitative estimate of drug-likeness (QED) is 0.679. The van der Waals surface area contributed by atoms with Crippen LogP contribution in [-0.4, -0.2) is 0 Å². The fraction of sp³-hybridized carbons (Fsp3) is 0.111. The molecule has 0 aromatic heterocycles. The highest BCUT2D eigenvalue weighted by Gasteiger charge is 2.19. The van der Waals surface area contributed by atoms with Crippen molar-refractivity contribution in [3.8, 4) is 0 Å². The summed E-state index contributed by atoms with van der Waals surface area (Å²) in [6.45, 7) is 4.00. The Balaban J connectivity index is 1.95. The summed E-state index contributed by atoms with van der Waals surface area (Å²) in [6, 6.07) is 19.2. The first-order valence-electron chi connectivity index (χ1n) is 6.34. The minimum atomic E-state index is 0.332. The molecule has 1 aliphatic rings. The van der Waals surface area contributed by atoms with Gasteiger partial charge in [-0.25, -0.2) is 0 Å². The molecule has 2 aromatic rings. The number of fused-ring (bicyclic) bond motifs is 1. The van der Waals surface area contributed by atoms with Gasteiger partial charge in [0.25, 0.3) is 0 Å². The zero-order valence-electron chi connectivity index (χ0n) is 10.3. The van der Waals surface area contributed by atoms with Gasteiger partial charge in [-0.2, -0.15) is 0 Å². The van der Waals surface area contributed by atoms with Gasteiger partial charge >= 0.3 is 0 Å². The molecule has 2 aromatic carbocycles. The van der Waals surface area contributed by atoms with Crippen LogP contribution in [-0.2, 0) is 6.42 Å². The molecule has 0 saturated heterocycles. The molecule has 0 spiro atoms. The van der Waals surface area contributed by atoms with Crippen LogP contribution in [0, 0.1) is 0 Å². The van der Waals surface area contributed by atoms with Crippen molar-refractivity contribution in [2.75, 3.05) is 0 Å². The zero-order valence-corrected chi connectivity index (χ0v) is 10.3. The third kappa shape index (κ3) is 1.91. The summed E-state index contributed by atoms with van der Waals surface area (Å²) in [7, 11) is 0. The predicted octanol–water partition coefficient (Wildman–Crippen LogP) is 4.60. The third-order valence-electron chi connectivity index (χ3n) is 3.58. The van der Waals surface area contributed by atoms with Gasteiger partial charge in [-0.1, -0.05) is 72.3 Å². The molecule has 0 radical (unpaired) electrons. The summed E-state index contributed by atoms with van der Waals surface area (Å²) in [6.07, 6.45) is 5.41. The lowest BCUT2D eigenvalue weighted by atomic mass is 9.90. The van der Waals surface area contributed by atoms with Crippen molar-refractivity contribution in [3.05, 3.63) is 89.5 Å². The largest absolute Gasteiger partial charge is 0.102 e. The van der Waals surface area contributed by atoms with E-state index in [4.69, 9.17) is 0 Å². The molecule has 3 rings (SSSR count). The highest BCUT2D eigenvalue weighted by molar-refractivity contribution is 5.66. The van der Waals surface area contributed by atoms with E-state index in [2.05, 4.69) is 67.3 Å². The van der Waals surface area contributed by atoms with Crippen LogP contribution in [0.15, 0.2) is 72.8 Å². The highest BCUT2D eigenvalue weighted by Crippen LogP contribution is 2.35. The minimum Gasteiger partial charge on any atom is -0.102 e. The van der Waals surface area contributed by atoms with Crippen LogP contribution < -0.4 is 0 Å². The highest BCUT2D eigenvalue weighted by atomic mass is 14.2. The van der Waals surface area contributed by atoms with E-state index in [9.17, 15) is 0 Å². The maximum absolute atomic E-state index is 4.00. The Hall–Kier alpha value is -2.08. The number of benzene rings is 2. The van der Waals surface area contributed by atoms with Gasteiger partial charge in [-0.15, -0.1) is 6.58 Å². The third-order valence-corrected chi connectivity index (χ3v) is 3.58. The SMILES string of the molecule is C=C[C@@H](C1=Cc2ccccc2C1)c1ccccc1. The van der Waals surface area contributed by atoms with Crippen LogP contribution in [0.3, 0.4) is 0 Å². The molecule has 0 aliphatic heterocycles. The Labute approximate surface area is 108 Å². The fourth-order valence-electron chi connectivity index (χ4n) is 2.67. The Morgan fingerprint density at radius 2 is 1.67 bits per heavy atom. The molecule has 0 saturated carbocycles. The summed E-state index contributed by atoms with van der Waals surface area (Å²) in [5.74, 6) is 0.332. The van der Waals surface area contributed by atoms with E-state index in [-0.39, 0.29) is 0 Å². The molecule has 0 fully saturated rings. The van der Waals surface area contributed by atoms with Crippen LogP contribution in [0.4, 0.5) is 0 Å². The van der Waals surface area contributed by atoms with Gasteiger partial charge in [-0.3, -0.25) is 0 Å². The van der Waals surface area contributed by atoms with Crippen LogP contribution in [0.5, 0.6) is 0 Å². The second kappa shape index (κ2) is 4.66. The van der Waals surface area contributed by atoms with Gasteiger partial charge in [0.15, 0.2) is 0 Å². The number of rotatable bonds is 3. The van der Waals surface area contributed by atoms with Gasteiger partial charge in [0, 0.05) is 5.92 Å². The Morgan fingerprint density at radius 3 is 2.39 bits per heavy atom. The fourth-order valence-corrected chi connectivity index (χ4v) is 2.67. The molecule has 0 nitrogen and oxygen atoms in total. The first-order valence-corrected chi connectivity index (χ1v) is 6.34. The van der Waals surface area contributed by atoms with Crippen molar-refractivity contribution in [1.82, 2.24) is 0 Å². The van der Waals surface area contributed by atoms with Crippen molar-refractivity contribution in [3.63, 3.8) is 0 Å². The summed E-state index contributed by atoms with van der Waals surface area (Å²) in [5, 5.41) is 0. The van der Waals surface area contributed by atoms with E-state index in [1.165, 1.54) is 22.3 Å². The maximum Gasteiger partial charge on any atom is 0.0232 e. The molecule has 1 atom stereocenters. The van der Waals surface area contributed by atoms with Crippen LogP contribution in [0.1, 0.15) is 22.6 Å². The Bertz CT molecular complexity index is 590. The van der Waals surface area contributed by atoms with Crippen molar-refractivity contribution >= 4 is 6.08 Å². The molecule has 0 N–H and O–H groups in total. The van der Waals surface area contributed by atoms with Gasteiger partial charge in [0.2, 0.25) is 0 Å². The number of hydrogen-bond acceptors (Lipinski definition) is 0. The van der Waals surface area contributed by atoms with Crippen molar-refractivity contribution in [1.29, 1.82) is 0 Å². The molecule has 0 heteroatoms. The Kier molecular flexibility index (Phi) is 2.85. The van der Waals surface area contributed by atoms with Crippen molar-refractivity contribution in [2.24, 2.45) is 0 Å². The van der Waals surface area contributed by atoms with Crippen LogP contribution in [0.2, 0.25) is 0 Å². The zero-order chi connectivity index (χ0) is 12.4. The van der Waals surface area contributed by atoms with E-state index in [0.717, 1.165) is 6.42 Å². The first-order chi connectivity index (χ1) is 8.88. The molecule has 0 heterocycles. The summed E-state index contributed by atoms with van der Waals surface area (Å²) in [4.78, 5) is 0. The summed E-state index contributed by atoms with van der Waals surface area (Å²) >= 11 is 0. The Morgan fingerprint density at radius 1 is 0.944 bits per heavy atom. The molecule has 88 valence electrons. The standard InChI is InChI=1S/C18H16/c1-2-18(14-8-4-3-5-9-14)17-12-15-10-6-7-11-16(15)13-17/h2-12,18H,1,13H2/t18-/m1/s1.